The summed E-state index contributed by atoms with van der Waals surface area (Å²) >= 11 is 0. The smallest absolute Gasteiger partial charge is 0.261 e. The molecule has 0 aliphatic rings. The number of nitrogens with zero attached hydrogens (tertiary/aromatic N) is 2. The van der Waals surface area contributed by atoms with Crippen molar-refractivity contribution >= 4 is 15.7 Å². The Kier molecular flexibility index (Phi) is 4.59. The first-order valence-corrected chi connectivity index (χ1v) is 9.46. The van der Waals surface area contributed by atoms with Crippen molar-refractivity contribution in [3.05, 3.63) is 59.9 Å². The summed E-state index contributed by atoms with van der Waals surface area (Å²) in [6.45, 7) is 5.88. The Balaban J connectivity index is 1.98. The van der Waals surface area contributed by atoms with E-state index in [1.165, 1.54) is 0 Å². The Morgan fingerprint density at radius 1 is 1.08 bits per heavy atom. The largest absolute Gasteiger partial charge is 0.279 e. The summed E-state index contributed by atoms with van der Waals surface area (Å²) in [6.07, 6.45) is 0. The van der Waals surface area contributed by atoms with Gasteiger partial charge in [-0.2, -0.15) is 5.10 Å². The highest BCUT2D eigenvalue weighted by Crippen LogP contribution is 2.28. The molecule has 0 radical (unpaired) electrons. The molecule has 0 atom stereocenters. The van der Waals surface area contributed by atoms with Crippen LogP contribution in [0.15, 0.2) is 53.4 Å². The normalized spacial score (nSPS) is 11.7. The molecular formula is C18H20N4O2S. The summed E-state index contributed by atoms with van der Waals surface area (Å²) in [4.78, 5) is 4.68. The molecule has 0 spiro atoms. The second-order valence-corrected chi connectivity index (χ2v) is 7.85. The van der Waals surface area contributed by atoms with Gasteiger partial charge >= 0.3 is 0 Å². The molecule has 130 valence electrons. The van der Waals surface area contributed by atoms with Crippen LogP contribution in [0.1, 0.15) is 31.2 Å². The molecule has 0 saturated carbocycles. The molecular weight excluding hydrogens is 336 g/mol. The first-order valence-electron chi connectivity index (χ1n) is 7.98. The number of benzene rings is 2. The Labute approximate surface area is 147 Å². The number of aromatic amines is 1. The molecule has 0 unspecified atom stereocenters. The number of sulfonamides is 1. The molecule has 3 rings (SSSR count). The number of nitrogens with one attached hydrogen (secondary N) is 2. The van der Waals surface area contributed by atoms with Crippen LogP contribution in [0, 0.1) is 6.92 Å². The second-order valence-electron chi connectivity index (χ2n) is 6.17. The van der Waals surface area contributed by atoms with E-state index in [1.807, 2.05) is 32.9 Å². The Bertz CT molecular complexity index is 994. The molecule has 0 aliphatic carbocycles. The minimum Gasteiger partial charge on any atom is -0.279 e. The quantitative estimate of drug-likeness (QED) is 0.729. The summed E-state index contributed by atoms with van der Waals surface area (Å²) < 4.78 is 28.0. The van der Waals surface area contributed by atoms with Crippen molar-refractivity contribution < 1.29 is 8.42 Å². The molecule has 7 heteroatoms. The molecule has 2 N–H and O–H groups in total. The van der Waals surface area contributed by atoms with E-state index in [4.69, 9.17) is 0 Å². The highest BCUT2D eigenvalue weighted by Gasteiger charge is 2.18. The second kappa shape index (κ2) is 6.68. The van der Waals surface area contributed by atoms with Crippen LogP contribution in [0.2, 0.25) is 0 Å². The highest BCUT2D eigenvalue weighted by atomic mass is 32.2. The Morgan fingerprint density at radius 2 is 1.84 bits per heavy atom. The van der Waals surface area contributed by atoms with Gasteiger partial charge in [-0.3, -0.25) is 9.82 Å². The van der Waals surface area contributed by atoms with Gasteiger partial charge in [-0.05, 0) is 36.8 Å². The number of H-pyrrole nitrogens is 1. The number of aryl methyl sites for hydroxylation is 1. The maximum absolute atomic E-state index is 12.7. The molecule has 0 fully saturated rings. The van der Waals surface area contributed by atoms with Crippen LogP contribution < -0.4 is 4.72 Å². The van der Waals surface area contributed by atoms with Crippen LogP contribution in [0.4, 0.5) is 5.69 Å². The van der Waals surface area contributed by atoms with Crippen molar-refractivity contribution in [3.63, 3.8) is 0 Å². The van der Waals surface area contributed by atoms with Gasteiger partial charge in [0.05, 0.1) is 10.6 Å². The highest BCUT2D eigenvalue weighted by molar-refractivity contribution is 7.92. The van der Waals surface area contributed by atoms with E-state index in [0.717, 1.165) is 11.4 Å². The third kappa shape index (κ3) is 3.71. The third-order valence-electron chi connectivity index (χ3n) is 3.76. The minimum atomic E-state index is -3.69. The van der Waals surface area contributed by atoms with Gasteiger partial charge in [-0.25, -0.2) is 13.4 Å². The van der Waals surface area contributed by atoms with Gasteiger partial charge in [0.25, 0.3) is 10.0 Å². The van der Waals surface area contributed by atoms with Gasteiger partial charge < -0.3 is 0 Å². The van der Waals surface area contributed by atoms with Crippen molar-refractivity contribution in [2.24, 2.45) is 0 Å². The number of aromatic nitrogens is 3. The zero-order valence-corrected chi connectivity index (χ0v) is 15.1. The predicted molar refractivity (Wildman–Crippen MR) is 97.9 cm³/mol. The molecule has 1 aromatic heterocycles. The number of hydrogen-bond donors (Lipinski definition) is 2. The summed E-state index contributed by atoms with van der Waals surface area (Å²) in [7, 11) is -3.69. The van der Waals surface area contributed by atoms with E-state index in [-0.39, 0.29) is 10.8 Å². The first-order chi connectivity index (χ1) is 11.9. The zero-order chi connectivity index (χ0) is 18.0. The van der Waals surface area contributed by atoms with Gasteiger partial charge in [-0.15, -0.1) is 0 Å². The van der Waals surface area contributed by atoms with Crippen LogP contribution in [-0.4, -0.2) is 23.6 Å². The maximum Gasteiger partial charge on any atom is 0.261 e. The molecule has 2 aromatic carbocycles. The van der Waals surface area contributed by atoms with E-state index >= 15 is 0 Å². The van der Waals surface area contributed by atoms with Crippen molar-refractivity contribution in [2.75, 3.05) is 4.72 Å². The lowest BCUT2D eigenvalue weighted by molar-refractivity contribution is 0.601. The van der Waals surface area contributed by atoms with Gasteiger partial charge in [0.15, 0.2) is 5.82 Å². The van der Waals surface area contributed by atoms with Gasteiger partial charge in [0, 0.05) is 11.5 Å². The van der Waals surface area contributed by atoms with E-state index in [0.29, 0.717) is 17.1 Å². The van der Waals surface area contributed by atoms with E-state index in [1.54, 1.807) is 36.4 Å². The zero-order valence-electron chi connectivity index (χ0n) is 14.3. The lowest BCUT2D eigenvalue weighted by Gasteiger charge is -2.11. The lowest BCUT2D eigenvalue weighted by Crippen LogP contribution is -2.13. The van der Waals surface area contributed by atoms with E-state index < -0.39 is 10.0 Å². The molecule has 1 heterocycles. The van der Waals surface area contributed by atoms with Gasteiger partial charge in [0.2, 0.25) is 0 Å². The number of rotatable bonds is 5. The molecule has 3 aromatic rings. The maximum atomic E-state index is 12.7. The standard InChI is InChI=1S/C18H20N4O2S/c1-12(2)17-19-18(21-20-17)15-9-4-5-10-16(15)22-25(23,24)14-8-6-7-13(3)11-14/h4-12,22H,1-3H3,(H,19,20,21). The van der Waals surface area contributed by atoms with Crippen LogP contribution in [0.3, 0.4) is 0 Å². The molecule has 0 aliphatic heterocycles. The van der Waals surface area contributed by atoms with Crippen LogP contribution >= 0.6 is 0 Å². The van der Waals surface area contributed by atoms with Crippen molar-refractivity contribution in [1.29, 1.82) is 0 Å². The van der Waals surface area contributed by atoms with Crippen LogP contribution in [0.5, 0.6) is 0 Å². The average Bonchev–Trinajstić information content (AvgIpc) is 3.05. The summed E-state index contributed by atoms with van der Waals surface area (Å²) in [5, 5.41) is 7.11. The van der Waals surface area contributed by atoms with Crippen molar-refractivity contribution in [3.8, 4) is 11.4 Å². The Hall–Kier alpha value is -2.67. The number of para-hydroxylation sites is 1. The topological polar surface area (TPSA) is 87.7 Å². The fraction of sp³-hybridized carbons (Fsp3) is 0.222. The van der Waals surface area contributed by atoms with E-state index in [2.05, 4.69) is 19.9 Å². The Morgan fingerprint density at radius 3 is 2.52 bits per heavy atom. The fourth-order valence-corrected chi connectivity index (χ4v) is 3.59. The number of hydrogen-bond acceptors (Lipinski definition) is 4. The summed E-state index contributed by atoms with van der Waals surface area (Å²) in [5.74, 6) is 1.43. The molecule has 0 amide bonds. The average molecular weight is 356 g/mol. The monoisotopic (exact) mass is 356 g/mol. The van der Waals surface area contributed by atoms with Crippen molar-refractivity contribution in [1.82, 2.24) is 15.2 Å². The van der Waals surface area contributed by atoms with Crippen molar-refractivity contribution in [2.45, 2.75) is 31.6 Å². The summed E-state index contributed by atoms with van der Waals surface area (Å²) in [6, 6.07) is 13.9. The third-order valence-corrected chi connectivity index (χ3v) is 5.12. The molecule has 0 bridgehead atoms. The van der Waals surface area contributed by atoms with Crippen LogP contribution in [0.25, 0.3) is 11.4 Å². The number of anilines is 1. The SMILES string of the molecule is Cc1cccc(S(=O)(=O)Nc2ccccc2-c2n[nH]c(C(C)C)n2)c1. The fourth-order valence-electron chi connectivity index (χ4n) is 2.41. The minimum absolute atomic E-state index is 0.206. The van der Waals surface area contributed by atoms with Gasteiger partial charge in [-0.1, -0.05) is 38.1 Å². The molecule has 25 heavy (non-hydrogen) atoms. The molecule has 0 saturated heterocycles. The predicted octanol–water partition coefficient (Wildman–Crippen LogP) is 3.70. The van der Waals surface area contributed by atoms with Gasteiger partial charge in [0.1, 0.15) is 5.82 Å². The van der Waals surface area contributed by atoms with Crippen LogP contribution in [-0.2, 0) is 10.0 Å². The first kappa shape index (κ1) is 17.2. The summed E-state index contributed by atoms with van der Waals surface area (Å²) in [5.41, 5.74) is 1.95. The van der Waals surface area contributed by atoms with E-state index in [9.17, 15) is 8.42 Å². The molecule has 6 nitrogen and oxygen atoms in total. The lowest BCUT2D eigenvalue weighted by atomic mass is 10.1.